The highest BCUT2D eigenvalue weighted by Crippen LogP contribution is 2.48. The molecule has 0 aliphatic carbocycles. The van der Waals surface area contributed by atoms with Crippen molar-refractivity contribution in [3.8, 4) is 0 Å². The number of fused-ring (bicyclic) bond motifs is 2. The summed E-state index contributed by atoms with van der Waals surface area (Å²) in [4.78, 5) is 30.2. The molecular formula is C29H28ClFN2O4S. The monoisotopic (exact) mass is 554 g/mol. The Bertz CT molecular complexity index is 1530. The second-order valence-corrected chi connectivity index (χ2v) is 12.5. The summed E-state index contributed by atoms with van der Waals surface area (Å²) in [6.45, 7) is 3.29. The Morgan fingerprint density at radius 1 is 0.974 bits per heavy atom. The molecule has 3 aromatic carbocycles. The van der Waals surface area contributed by atoms with Crippen molar-refractivity contribution >= 4 is 38.9 Å². The number of piperidine rings is 1. The SMILES string of the molecule is CCc1ccc(C(=O)N2CCC3(CC2)CN(C(=O)c2cc(S(C)(=O)=O)ccc2Cl)c2ccc(F)cc23)cc1. The number of benzene rings is 3. The molecule has 0 saturated carbocycles. The van der Waals surface area contributed by atoms with Crippen LogP contribution in [0.25, 0.3) is 0 Å². The van der Waals surface area contributed by atoms with Gasteiger partial charge in [-0.3, -0.25) is 9.59 Å². The van der Waals surface area contributed by atoms with E-state index in [2.05, 4.69) is 6.92 Å². The first kappa shape index (κ1) is 26.4. The van der Waals surface area contributed by atoms with Crippen LogP contribution in [0.4, 0.5) is 10.1 Å². The molecule has 2 aliphatic heterocycles. The van der Waals surface area contributed by atoms with Gasteiger partial charge in [0.2, 0.25) is 0 Å². The van der Waals surface area contributed by atoms with Gasteiger partial charge in [-0.1, -0.05) is 30.7 Å². The van der Waals surface area contributed by atoms with Crippen molar-refractivity contribution < 1.29 is 22.4 Å². The molecule has 3 aromatic rings. The maximum absolute atomic E-state index is 14.4. The highest BCUT2D eigenvalue weighted by atomic mass is 35.5. The summed E-state index contributed by atoms with van der Waals surface area (Å²) >= 11 is 6.33. The van der Waals surface area contributed by atoms with E-state index in [1.807, 2.05) is 29.2 Å². The summed E-state index contributed by atoms with van der Waals surface area (Å²) < 4.78 is 38.6. The molecule has 0 radical (unpaired) electrons. The lowest BCUT2D eigenvalue weighted by molar-refractivity contribution is 0.0670. The largest absolute Gasteiger partial charge is 0.339 e. The smallest absolute Gasteiger partial charge is 0.259 e. The molecule has 1 fully saturated rings. The van der Waals surface area contributed by atoms with Crippen LogP contribution in [-0.2, 0) is 21.7 Å². The third-order valence-corrected chi connectivity index (χ3v) is 9.18. The predicted octanol–water partition coefficient (Wildman–Crippen LogP) is 5.28. The Balaban J connectivity index is 1.43. The van der Waals surface area contributed by atoms with Gasteiger partial charge in [0.05, 0.1) is 15.5 Å². The zero-order valence-corrected chi connectivity index (χ0v) is 22.8. The zero-order valence-electron chi connectivity index (χ0n) is 21.2. The van der Waals surface area contributed by atoms with Crippen LogP contribution in [0.3, 0.4) is 0 Å². The summed E-state index contributed by atoms with van der Waals surface area (Å²) in [5.41, 5.74) is 2.64. The minimum atomic E-state index is -3.55. The van der Waals surface area contributed by atoms with Crippen LogP contribution < -0.4 is 4.90 Å². The first-order chi connectivity index (χ1) is 18.0. The first-order valence-electron chi connectivity index (χ1n) is 12.5. The molecule has 38 heavy (non-hydrogen) atoms. The van der Waals surface area contributed by atoms with Crippen molar-refractivity contribution in [2.45, 2.75) is 36.5 Å². The van der Waals surface area contributed by atoms with Gasteiger partial charge in [0.1, 0.15) is 5.82 Å². The molecule has 9 heteroatoms. The van der Waals surface area contributed by atoms with Crippen LogP contribution in [-0.4, -0.2) is 51.0 Å². The van der Waals surface area contributed by atoms with Crippen LogP contribution in [0.1, 0.15) is 51.6 Å². The molecule has 0 atom stereocenters. The fourth-order valence-electron chi connectivity index (χ4n) is 5.50. The number of carbonyl (C=O) groups excluding carboxylic acids is 2. The molecule has 198 valence electrons. The van der Waals surface area contributed by atoms with E-state index in [1.165, 1.54) is 30.3 Å². The Labute approximate surface area is 226 Å². The van der Waals surface area contributed by atoms with E-state index in [-0.39, 0.29) is 27.9 Å². The molecule has 1 saturated heterocycles. The summed E-state index contributed by atoms with van der Waals surface area (Å²) in [6, 6.07) is 16.0. The lowest BCUT2D eigenvalue weighted by Gasteiger charge is -2.40. The van der Waals surface area contributed by atoms with Crippen molar-refractivity contribution in [2.24, 2.45) is 0 Å². The minimum Gasteiger partial charge on any atom is -0.339 e. The molecule has 6 nitrogen and oxygen atoms in total. The first-order valence-corrected chi connectivity index (χ1v) is 14.8. The van der Waals surface area contributed by atoms with Gasteiger partial charge in [-0.15, -0.1) is 0 Å². The zero-order chi connectivity index (χ0) is 27.2. The number of rotatable bonds is 4. The summed E-state index contributed by atoms with van der Waals surface area (Å²) in [5, 5.41) is 0.140. The minimum absolute atomic E-state index is 0.00252. The fourth-order valence-corrected chi connectivity index (χ4v) is 6.34. The van der Waals surface area contributed by atoms with E-state index in [0.29, 0.717) is 37.2 Å². The van der Waals surface area contributed by atoms with Gasteiger partial charge in [0.15, 0.2) is 9.84 Å². The number of carbonyl (C=O) groups is 2. The average molecular weight is 555 g/mol. The van der Waals surface area contributed by atoms with Gasteiger partial charge in [-0.25, -0.2) is 12.8 Å². The molecule has 0 aromatic heterocycles. The number of halogens is 2. The van der Waals surface area contributed by atoms with Gasteiger partial charge >= 0.3 is 0 Å². The normalized spacial score (nSPS) is 16.5. The molecule has 0 unspecified atom stereocenters. The standard InChI is InChI=1S/C29H28ClFN2O4S/c1-3-19-4-6-20(7-5-19)27(34)32-14-12-29(13-15-32)18-33(26-11-8-21(31)16-24(26)29)28(35)23-17-22(38(2,36)37)9-10-25(23)30/h4-11,16-17H,3,12-15,18H2,1-2H3. The third kappa shape index (κ3) is 4.71. The number of likely N-dealkylation sites (tertiary alicyclic amines) is 1. The lowest BCUT2D eigenvalue weighted by Crippen LogP contribution is -2.47. The molecule has 0 N–H and O–H groups in total. The van der Waals surface area contributed by atoms with Crippen molar-refractivity contribution in [3.05, 3.63) is 93.8 Å². The number of anilines is 1. The topological polar surface area (TPSA) is 74.8 Å². The van der Waals surface area contributed by atoms with Gasteiger partial charge in [-0.2, -0.15) is 0 Å². The number of hydrogen-bond acceptors (Lipinski definition) is 4. The maximum atomic E-state index is 14.4. The quantitative estimate of drug-likeness (QED) is 0.440. The maximum Gasteiger partial charge on any atom is 0.259 e. The number of aryl methyl sites for hydroxylation is 1. The highest BCUT2D eigenvalue weighted by molar-refractivity contribution is 7.90. The van der Waals surface area contributed by atoms with E-state index in [4.69, 9.17) is 11.6 Å². The Kier molecular flexibility index (Phi) is 6.82. The predicted molar refractivity (Wildman–Crippen MR) is 145 cm³/mol. The van der Waals surface area contributed by atoms with Crippen molar-refractivity contribution in [3.63, 3.8) is 0 Å². The molecule has 2 heterocycles. The average Bonchev–Trinajstić information content (AvgIpc) is 3.21. The molecular weight excluding hydrogens is 527 g/mol. The van der Waals surface area contributed by atoms with Crippen LogP contribution in [0.15, 0.2) is 65.6 Å². The van der Waals surface area contributed by atoms with Gasteiger partial charge in [-0.05, 0) is 78.9 Å². The van der Waals surface area contributed by atoms with E-state index in [0.717, 1.165) is 23.8 Å². The number of amides is 2. The van der Waals surface area contributed by atoms with E-state index in [1.54, 1.807) is 11.0 Å². The van der Waals surface area contributed by atoms with Gasteiger partial charge in [0, 0.05) is 42.6 Å². The van der Waals surface area contributed by atoms with Crippen LogP contribution in [0.2, 0.25) is 5.02 Å². The van der Waals surface area contributed by atoms with Crippen LogP contribution in [0, 0.1) is 5.82 Å². The van der Waals surface area contributed by atoms with Gasteiger partial charge < -0.3 is 9.80 Å². The fraction of sp³-hybridized carbons (Fsp3) is 0.310. The second kappa shape index (κ2) is 9.82. The lowest BCUT2D eigenvalue weighted by atomic mass is 9.74. The summed E-state index contributed by atoms with van der Waals surface area (Å²) in [6.07, 6.45) is 3.09. The summed E-state index contributed by atoms with van der Waals surface area (Å²) in [5.74, 6) is -0.888. The molecule has 2 amide bonds. The second-order valence-electron chi connectivity index (χ2n) is 10.1. The Morgan fingerprint density at radius 2 is 1.66 bits per heavy atom. The van der Waals surface area contributed by atoms with Crippen LogP contribution in [0.5, 0.6) is 0 Å². The molecule has 2 aliphatic rings. The Morgan fingerprint density at radius 3 is 2.29 bits per heavy atom. The number of nitrogens with zero attached hydrogens (tertiary/aromatic N) is 2. The van der Waals surface area contributed by atoms with Gasteiger partial charge in [0.25, 0.3) is 11.8 Å². The summed E-state index contributed by atoms with van der Waals surface area (Å²) in [7, 11) is -3.55. The molecule has 1 spiro atoms. The van der Waals surface area contributed by atoms with E-state index in [9.17, 15) is 22.4 Å². The van der Waals surface area contributed by atoms with E-state index < -0.39 is 27.0 Å². The van der Waals surface area contributed by atoms with Crippen molar-refractivity contribution in [2.75, 3.05) is 30.8 Å². The molecule has 5 rings (SSSR count). The third-order valence-electron chi connectivity index (χ3n) is 7.74. The number of hydrogen-bond donors (Lipinski definition) is 0. The van der Waals surface area contributed by atoms with E-state index >= 15 is 0 Å². The number of sulfone groups is 1. The Hall–Kier alpha value is -3.23. The van der Waals surface area contributed by atoms with Crippen molar-refractivity contribution in [1.29, 1.82) is 0 Å². The highest BCUT2D eigenvalue weighted by Gasteiger charge is 2.47. The van der Waals surface area contributed by atoms with Crippen LogP contribution >= 0.6 is 11.6 Å². The van der Waals surface area contributed by atoms with Crippen molar-refractivity contribution in [1.82, 2.24) is 4.90 Å². The molecule has 0 bridgehead atoms.